The Hall–Kier alpha value is -3.63. The molecular formula is C27H26N2O7S. The van der Waals surface area contributed by atoms with E-state index >= 15 is 0 Å². The molecule has 2 aromatic rings. The van der Waals surface area contributed by atoms with E-state index in [2.05, 4.69) is 17.9 Å². The SMILES string of the molecule is CC(=O)Nc1cccc(-c2ccc(O)c3c2C[C@H]2C[C@H]4C[C@@H](O)C(C(N)=O)C(=O)[C@@]4(S)C(O)=C2C3=O)c1. The molecule has 0 saturated heterocycles. The van der Waals surface area contributed by atoms with E-state index in [1.165, 1.54) is 13.0 Å². The van der Waals surface area contributed by atoms with Crippen molar-refractivity contribution in [2.45, 2.75) is 37.0 Å². The highest BCUT2D eigenvalue weighted by Crippen LogP contribution is 2.54. The Balaban J connectivity index is 1.64. The fourth-order valence-electron chi connectivity index (χ4n) is 6.17. The molecule has 9 nitrogen and oxygen atoms in total. The van der Waals surface area contributed by atoms with E-state index in [0.717, 1.165) is 5.56 Å². The summed E-state index contributed by atoms with van der Waals surface area (Å²) in [7, 11) is 0. The molecule has 1 unspecified atom stereocenters. The number of anilines is 1. The van der Waals surface area contributed by atoms with Crippen molar-refractivity contribution < 1.29 is 34.5 Å². The molecule has 0 aromatic heterocycles. The van der Waals surface area contributed by atoms with Gasteiger partial charge >= 0.3 is 0 Å². The number of aliphatic hydroxyl groups excluding tert-OH is 2. The van der Waals surface area contributed by atoms with E-state index < -0.39 is 51.8 Å². The molecule has 0 spiro atoms. The van der Waals surface area contributed by atoms with Crippen LogP contribution in [0.25, 0.3) is 11.1 Å². The monoisotopic (exact) mass is 522 g/mol. The van der Waals surface area contributed by atoms with Gasteiger partial charge in [0.05, 0.1) is 11.7 Å². The van der Waals surface area contributed by atoms with Crippen LogP contribution >= 0.6 is 12.6 Å². The molecule has 2 aromatic carbocycles. The van der Waals surface area contributed by atoms with Crippen molar-refractivity contribution in [3.05, 3.63) is 58.9 Å². The zero-order valence-electron chi connectivity index (χ0n) is 19.9. The summed E-state index contributed by atoms with van der Waals surface area (Å²) < 4.78 is -1.85. The fraction of sp³-hybridized carbons (Fsp3) is 0.333. The molecule has 3 aliphatic carbocycles. The van der Waals surface area contributed by atoms with Gasteiger partial charge in [0.2, 0.25) is 11.8 Å². The van der Waals surface area contributed by atoms with Crippen LogP contribution in [0.3, 0.4) is 0 Å². The number of rotatable bonds is 3. The van der Waals surface area contributed by atoms with Crippen molar-refractivity contribution >= 4 is 41.7 Å². The Morgan fingerprint density at radius 1 is 1.14 bits per heavy atom. The number of hydrogen-bond acceptors (Lipinski definition) is 8. The number of phenols is 1. The minimum atomic E-state index is -1.85. The molecule has 192 valence electrons. The first-order valence-corrected chi connectivity index (χ1v) is 12.3. The summed E-state index contributed by atoms with van der Waals surface area (Å²) in [6.45, 7) is 1.40. The topological polar surface area (TPSA) is 167 Å². The maximum Gasteiger partial charge on any atom is 0.230 e. The van der Waals surface area contributed by atoms with Gasteiger partial charge in [-0.15, -0.1) is 0 Å². The van der Waals surface area contributed by atoms with Crippen molar-refractivity contribution in [3.8, 4) is 16.9 Å². The van der Waals surface area contributed by atoms with E-state index in [1.807, 2.05) is 6.07 Å². The molecule has 1 fully saturated rings. The van der Waals surface area contributed by atoms with Crippen LogP contribution in [0.15, 0.2) is 47.7 Å². The molecule has 5 rings (SSSR count). The van der Waals surface area contributed by atoms with Crippen LogP contribution in [0.5, 0.6) is 5.75 Å². The second-order valence-electron chi connectivity index (χ2n) is 9.99. The number of amides is 2. The number of carbonyl (C=O) groups excluding carboxylic acids is 4. The van der Waals surface area contributed by atoms with Crippen LogP contribution in [-0.2, 0) is 20.8 Å². The third-order valence-corrected chi connectivity index (χ3v) is 8.56. The van der Waals surface area contributed by atoms with Crippen LogP contribution in [0, 0.1) is 17.8 Å². The van der Waals surface area contributed by atoms with Gasteiger partial charge < -0.3 is 26.4 Å². The molecule has 5 atom stereocenters. The van der Waals surface area contributed by atoms with Crippen LogP contribution in [0.1, 0.15) is 35.7 Å². The standard InChI is InChI=1S/C27H26N2O7S/c1-11(30)29-15-4-2-3-12(8-15)16-5-6-18(31)21-17(16)9-13-7-14-10-19(32)22(26(28)36)25(35)27(14,37)24(34)20(13)23(21)33/h2-6,8,13-14,19,22,31-32,34,37H,7,9-10H2,1H3,(H2,28,36)(H,29,30)/t13-,14+,19-,22?,27+/m1/s1. The lowest BCUT2D eigenvalue weighted by atomic mass is 9.59. The molecule has 0 heterocycles. The minimum absolute atomic E-state index is 0.00337. The number of phenolic OH excluding ortho intramolecular Hbond substituents is 1. The molecular weight excluding hydrogens is 496 g/mol. The molecule has 1 saturated carbocycles. The number of ketones is 2. The summed E-state index contributed by atoms with van der Waals surface area (Å²) in [4.78, 5) is 50.4. The first-order valence-electron chi connectivity index (χ1n) is 11.9. The normalized spacial score (nSPS) is 28.7. The molecule has 2 amide bonds. The second kappa shape index (κ2) is 8.74. The number of aliphatic hydroxyl groups is 2. The van der Waals surface area contributed by atoms with Crippen molar-refractivity contribution in [1.82, 2.24) is 0 Å². The predicted octanol–water partition coefficient (Wildman–Crippen LogP) is 2.31. The lowest BCUT2D eigenvalue weighted by molar-refractivity contribution is -0.144. The molecule has 10 heteroatoms. The van der Waals surface area contributed by atoms with Crippen molar-refractivity contribution in [2.75, 3.05) is 5.32 Å². The first kappa shape index (κ1) is 25.0. The minimum Gasteiger partial charge on any atom is -0.510 e. The summed E-state index contributed by atoms with van der Waals surface area (Å²) >= 11 is 4.50. The summed E-state index contributed by atoms with van der Waals surface area (Å²) in [6.07, 6.45) is -0.780. The summed E-state index contributed by atoms with van der Waals surface area (Å²) in [5, 5.41) is 35.2. The van der Waals surface area contributed by atoms with E-state index in [-0.39, 0.29) is 42.1 Å². The van der Waals surface area contributed by atoms with Crippen molar-refractivity contribution in [2.24, 2.45) is 23.5 Å². The van der Waals surface area contributed by atoms with E-state index in [4.69, 9.17) is 5.73 Å². The van der Waals surface area contributed by atoms with Crippen molar-refractivity contribution in [3.63, 3.8) is 0 Å². The lowest BCUT2D eigenvalue weighted by Crippen LogP contribution is -2.60. The summed E-state index contributed by atoms with van der Waals surface area (Å²) in [5.41, 5.74) is 7.90. The van der Waals surface area contributed by atoms with Gasteiger partial charge in [-0.1, -0.05) is 18.2 Å². The quantitative estimate of drug-likeness (QED) is 0.266. The molecule has 0 bridgehead atoms. The Labute approximate surface area is 217 Å². The highest BCUT2D eigenvalue weighted by Gasteiger charge is 2.61. The number of hydrogen-bond donors (Lipinski definition) is 6. The number of benzene rings is 2. The van der Waals surface area contributed by atoms with E-state index in [1.54, 1.807) is 24.3 Å². The van der Waals surface area contributed by atoms with Gasteiger partial charge in [-0.3, -0.25) is 19.2 Å². The first-order chi connectivity index (χ1) is 17.4. The van der Waals surface area contributed by atoms with Gasteiger partial charge in [0, 0.05) is 18.2 Å². The number of carbonyl (C=O) groups is 4. The Bertz CT molecular complexity index is 1420. The highest BCUT2D eigenvalue weighted by molar-refractivity contribution is 7.83. The predicted molar refractivity (Wildman–Crippen MR) is 137 cm³/mol. The average Bonchev–Trinajstić information content (AvgIpc) is 2.81. The highest BCUT2D eigenvalue weighted by atomic mass is 32.1. The summed E-state index contributed by atoms with van der Waals surface area (Å²) in [6, 6.07) is 10.2. The zero-order valence-corrected chi connectivity index (χ0v) is 20.8. The molecule has 3 aliphatic rings. The Kier molecular flexibility index (Phi) is 5.91. The number of fused-ring (bicyclic) bond motifs is 3. The van der Waals surface area contributed by atoms with Gasteiger partial charge in [-0.25, -0.2) is 0 Å². The maximum atomic E-state index is 13.8. The molecule has 37 heavy (non-hydrogen) atoms. The van der Waals surface area contributed by atoms with Crippen LogP contribution in [0.2, 0.25) is 0 Å². The van der Waals surface area contributed by atoms with E-state index in [9.17, 15) is 34.5 Å². The number of primary amides is 1. The van der Waals surface area contributed by atoms with Crippen LogP contribution in [0.4, 0.5) is 5.69 Å². The van der Waals surface area contributed by atoms with Gasteiger partial charge in [0.15, 0.2) is 11.6 Å². The molecule has 0 radical (unpaired) electrons. The number of nitrogens with one attached hydrogen (secondary N) is 1. The van der Waals surface area contributed by atoms with E-state index in [0.29, 0.717) is 16.8 Å². The van der Waals surface area contributed by atoms with Gasteiger partial charge in [-0.05, 0) is 66.0 Å². The fourth-order valence-corrected chi connectivity index (χ4v) is 6.64. The second-order valence-corrected chi connectivity index (χ2v) is 10.7. The van der Waals surface area contributed by atoms with Gasteiger partial charge in [0.1, 0.15) is 22.2 Å². The maximum absolute atomic E-state index is 13.8. The average molecular weight is 523 g/mol. The largest absolute Gasteiger partial charge is 0.510 e. The number of aromatic hydroxyl groups is 1. The van der Waals surface area contributed by atoms with Crippen LogP contribution in [-0.4, -0.2) is 49.6 Å². The third kappa shape index (κ3) is 3.74. The number of thiol groups is 1. The number of Topliss-reactive ketones (excluding diaryl/α,β-unsaturated/α-hetero) is 2. The van der Waals surface area contributed by atoms with Crippen LogP contribution < -0.4 is 11.1 Å². The van der Waals surface area contributed by atoms with Gasteiger partial charge in [0.25, 0.3) is 0 Å². The smallest absolute Gasteiger partial charge is 0.230 e. The lowest BCUT2D eigenvalue weighted by Gasteiger charge is -2.49. The molecule has 0 aliphatic heterocycles. The van der Waals surface area contributed by atoms with Crippen molar-refractivity contribution in [1.29, 1.82) is 0 Å². The number of nitrogens with two attached hydrogens (primary N) is 1. The number of allylic oxidation sites excluding steroid dienone is 1. The third-order valence-electron chi connectivity index (χ3n) is 7.77. The van der Waals surface area contributed by atoms with Gasteiger partial charge in [-0.2, -0.15) is 12.6 Å². The Morgan fingerprint density at radius 3 is 2.54 bits per heavy atom. The molecule has 6 N–H and O–H groups in total. The Morgan fingerprint density at radius 2 is 1.86 bits per heavy atom. The summed E-state index contributed by atoms with van der Waals surface area (Å²) in [5.74, 6) is -6.21. The zero-order chi connectivity index (χ0) is 26.8.